The van der Waals surface area contributed by atoms with Gasteiger partial charge in [-0.05, 0) is 38.1 Å². The van der Waals surface area contributed by atoms with E-state index in [1.54, 1.807) is 0 Å². The van der Waals surface area contributed by atoms with Crippen molar-refractivity contribution in [1.29, 1.82) is 0 Å². The van der Waals surface area contributed by atoms with Crippen LogP contribution in [0.15, 0.2) is 0 Å². The van der Waals surface area contributed by atoms with E-state index in [-0.39, 0.29) is 0 Å². The van der Waals surface area contributed by atoms with E-state index in [0.29, 0.717) is 6.04 Å². The van der Waals surface area contributed by atoms with Crippen LogP contribution in [0.2, 0.25) is 0 Å². The van der Waals surface area contributed by atoms with Crippen LogP contribution in [0.5, 0.6) is 0 Å². The molecule has 2 atom stereocenters. The lowest BCUT2D eigenvalue weighted by Gasteiger charge is -2.19. The largest absolute Gasteiger partial charge is 0.381 e. The van der Waals surface area contributed by atoms with Crippen LogP contribution < -0.4 is 5.32 Å². The molecule has 13 heavy (non-hydrogen) atoms. The standard InChI is InChI=1S/C11H23NO/c1-9(2)4-6-12-10(3)11-5-7-13-8-11/h9-12H,4-8H2,1-3H3. The molecule has 0 amide bonds. The molecule has 2 heteroatoms. The molecule has 1 heterocycles. The number of nitrogens with one attached hydrogen (secondary N) is 1. The lowest BCUT2D eigenvalue weighted by molar-refractivity contribution is 0.178. The van der Waals surface area contributed by atoms with Gasteiger partial charge in [0.2, 0.25) is 0 Å². The quantitative estimate of drug-likeness (QED) is 0.708. The van der Waals surface area contributed by atoms with Gasteiger partial charge in [-0.3, -0.25) is 0 Å². The van der Waals surface area contributed by atoms with Crippen LogP contribution in [0.4, 0.5) is 0 Å². The van der Waals surface area contributed by atoms with Crippen molar-refractivity contribution in [3.8, 4) is 0 Å². The molecule has 0 aliphatic carbocycles. The zero-order chi connectivity index (χ0) is 9.68. The molecule has 0 bridgehead atoms. The minimum atomic E-state index is 0.626. The molecule has 78 valence electrons. The van der Waals surface area contributed by atoms with E-state index in [1.165, 1.54) is 12.8 Å². The molecule has 1 aliphatic heterocycles. The van der Waals surface area contributed by atoms with Crippen molar-refractivity contribution in [3.63, 3.8) is 0 Å². The smallest absolute Gasteiger partial charge is 0.0509 e. The molecule has 0 aromatic carbocycles. The Morgan fingerprint density at radius 2 is 2.15 bits per heavy atom. The summed E-state index contributed by atoms with van der Waals surface area (Å²) in [4.78, 5) is 0. The fourth-order valence-electron chi connectivity index (χ4n) is 1.71. The maximum absolute atomic E-state index is 5.37. The summed E-state index contributed by atoms with van der Waals surface area (Å²) in [7, 11) is 0. The van der Waals surface area contributed by atoms with Gasteiger partial charge in [0, 0.05) is 12.6 Å². The van der Waals surface area contributed by atoms with Gasteiger partial charge in [0.05, 0.1) is 6.61 Å². The van der Waals surface area contributed by atoms with Crippen molar-refractivity contribution in [2.45, 2.75) is 39.7 Å². The highest BCUT2D eigenvalue weighted by Crippen LogP contribution is 2.16. The minimum Gasteiger partial charge on any atom is -0.381 e. The Morgan fingerprint density at radius 1 is 1.38 bits per heavy atom. The number of hydrogen-bond donors (Lipinski definition) is 1. The van der Waals surface area contributed by atoms with Crippen molar-refractivity contribution >= 4 is 0 Å². The highest BCUT2D eigenvalue weighted by atomic mass is 16.5. The van der Waals surface area contributed by atoms with Crippen LogP contribution in [-0.4, -0.2) is 25.8 Å². The highest BCUT2D eigenvalue weighted by molar-refractivity contribution is 4.75. The molecule has 0 saturated carbocycles. The fraction of sp³-hybridized carbons (Fsp3) is 1.00. The summed E-state index contributed by atoms with van der Waals surface area (Å²) >= 11 is 0. The Hall–Kier alpha value is -0.0800. The van der Waals surface area contributed by atoms with E-state index in [9.17, 15) is 0 Å². The van der Waals surface area contributed by atoms with Crippen LogP contribution in [0, 0.1) is 11.8 Å². The Labute approximate surface area is 82.0 Å². The van der Waals surface area contributed by atoms with Crippen LogP contribution in [-0.2, 0) is 4.74 Å². The van der Waals surface area contributed by atoms with Crippen molar-refractivity contribution in [3.05, 3.63) is 0 Å². The van der Waals surface area contributed by atoms with Crippen molar-refractivity contribution in [1.82, 2.24) is 5.32 Å². The Kier molecular flexibility index (Phi) is 4.74. The normalized spacial score (nSPS) is 25.4. The van der Waals surface area contributed by atoms with Gasteiger partial charge in [-0.25, -0.2) is 0 Å². The van der Waals surface area contributed by atoms with Crippen LogP contribution >= 0.6 is 0 Å². The average Bonchev–Trinajstić information content (AvgIpc) is 2.55. The first kappa shape index (κ1) is 11.0. The molecule has 1 rings (SSSR count). The second kappa shape index (κ2) is 5.61. The van der Waals surface area contributed by atoms with Crippen molar-refractivity contribution in [2.24, 2.45) is 11.8 Å². The molecule has 0 aromatic rings. The second-order valence-corrected chi connectivity index (χ2v) is 4.55. The monoisotopic (exact) mass is 185 g/mol. The third-order valence-corrected chi connectivity index (χ3v) is 2.86. The number of hydrogen-bond acceptors (Lipinski definition) is 2. The van der Waals surface area contributed by atoms with E-state index in [4.69, 9.17) is 4.74 Å². The Bertz CT molecular complexity index is 130. The van der Waals surface area contributed by atoms with E-state index in [1.807, 2.05) is 0 Å². The Morgan fingerprint density at radius 3 is 2.69 bits per heavy atom. The zero-order valence-corrected chi connectivity index (χ0v) is 9.18. The van der Waals surface area contributed by atoms with E-state index >= 15 is 0 Å². The van der Waals surface area contributed by atoms with Gasteiger partial charge in [0.25, 0.3) is 0 Å². The highest BCUT2D eigenvalue weighted by Gasteiger charge is 2.21. The van der Waals surface area contributed by atoms with Gasteiger partial charge in [0.1, 0.15) is 0 Å². The van der Waals surface area contributed by atoms with E-state index < -0.39 is 0 Å². The molecule has 1 N–H and O–H groups in total. The molecule has 2 unspecified atom stereocenters. The second-order valence-electron chi connectivity index (χ2n) is 4.55. The maximum atomic E-state index is 5.37. The summed E-state index contributed by atoms with van der Waals surface area (Å²) in [6, 6.07) is 0.626. The first-order valence-electron chi connectivity index (χ1n) is 5.51. The van der Waals surface area contributed by atoms with Gasteiger partial charge < -0.3 is 10.1 Å². The van der Waals surface area contributed by atoms with Crippen LogP contribution in [0.25, 0.3) is 0 Å². The molecule has 2 nitrogen and oxygen atoms in total. The predicted octanol–water partition coefficient (Wildman–Crippen LogP) is 2.05. The van der Waals surface area contributed by atoms with Crippen LogP contribution in [0.1, 0.15) is 33.6 Å². The lowest BCUT2D eigenvalue weighted by atomic mass is 10.0. The summed E-state index contributed by atoms with van der Waals surface area (Å²) in [5.41, 5.74) is 0. The van der Waals surface area contributed by atoms with Gasteiger partial charge >= 0.3 is 0 Å². The summed E-state index contributed by atoms with van der Waals surface area (Å²) in [5, 5.41) is 3.58. The van der Waals surface area contributed by atoms with Gasteiger partial charge in [-0.15, -0.1) is 0 Å². The first-order chi connectivity index (χ1) is 6.20. The molecule has 0 radical (unpaired) electrons. The minimum absolute atomic E-state index is 0.626. The maximum Gasteiger partial charge on any atom is 0.0509 e. The van der Waals surface area contributed by atoms with E-state index in [0.717, 1.165) is 31.6 Å². The number of rotatable bonds is 5. The number of ether oxygens (including phenoxy) is 1. The molecule has 1 fully saturated rings. The predicted molar refractivity (Wildman–Crippen MR) is 55.8 cm³/mol. The van der Waals surface area contributed by atoms with Gasteiger partial charge in [-0.2, -0.15) is 0 Å². The molecular weight excluding hydrogens is 162 g/mol. The van der Waals surface area contributed by atoms with Crippen LogP contribution in [0.3, 0.4) is 0 Å². The first-order valence-corrected chi connectivity index (χ1v) is 5.51. The third kappa shape index (κ3) is 4.10. The third-order valence-electron chi connectivity index (χ3n) is 2.86. The van der Waals surface area contributed by atoms with E-state index in [2.05, 4.69) is 26.1 Å². The Balaban J connectivity index is 2.06. The van der Waals surface area contributed by atoms with Gasteiger partial charge in [0.15, 0.2) is 0 Å². The van der Waals surface area contributed by atoms with Crippen molar-refractivity contribution < 1.29 is 4.74 Å². The molecule has 1 saturated heterocycles. The molecule has 0 spiro atoms. The topological polar surface area (TPSA) is 21.3 Å². The fourth-order valence-corrected chi connectivity index (χ4v) is 1.71. The zero-order valence-electron chi connectivity index (χ0n) is 9.18. The summed E-state index contributed by atoms with van der Waals surface area (Å²) < 4.78 is 5.37. The summed E-state index contributed by atoms with van der Waals surface area (Å²) in [6.45, 7) is 9.88. The summed E-state index contributed by atoms with van der Waals surface area (Å²) in [5.74, 6) is 1.55. The molecular formula is C11H23NO. The molecule has 1 aliphatic rings. The van der Waals surface area contributed by atoms with Gasteiger partial charge in [-0.1, -0.05) is 13.8 Å². The lowest BCUT2D eigenvalue weighted by Crippen LogP contribution is -2.34. The summed E-state index contributed by atoms with van der Waals surface area (Å²) in [6.07, 6.45) is 2.51. The molecule has 0 aromatic heterocycles. The van der Waals surface area contributed by atoms with Crippen molar-refractivity contribution in [2.75, 3.05) is 19.8 Å². The average molecular weight is 185 g/mol. The SMILES string of the molecule is CC(C)CCNC(C)C1CCOC1.